The van der Waals surface area contributed by atoms with Crippen LogP contribution in [0.5, 0.6) is 0 Å². The lowest BCUT2D eigenvalue weighted by molar-refractivity contribution is 0.262. The highest BCUT2D eigenvalue weighted by atomic mass is 35.5. The quantitative estimate of drug-likeness (QED) is 0.859. The number of anilines is 1. The number of rotatable bonds is 4. The van der Waals surface area contributed by atoms with Gasteiger partial charge in [0.15, 0.2) is 5.82 Å². The predicted molar refractivity (Wildman–Crippen MR) is 82.2 cm³/mol. The van der Waals surface area contributed by atoms with Crippen LogP contribution in [0.25, 0.3) is 0 Å². The molecule has 118 valence electrons. The largest absolute Gasteiger partial charge is 0.399 e. The highest BCUT2D eigenvalue weighted by molar-refractivity contribution is 7.89. The molecule has 2 rings (SSSR count). The number of nitrogens with zero attached hydrogens (tertiary/aromatic N) is 1. The number of benzene rings is 1. The summed E-state index contributed by atoms with van der Waals surface area (Å²) in [6, 6.07) is 2.35. The molecule has 1 fully saturated rings. The van der Waals surface area contributed by atoms with Crippen LogP contribution in [-0.2, 0) is 10.0 Å². The van der Waals surface area contributed by atoms with Crippen molar-refractivity contribution in [1.29, 1.82) is 0 Å². The van der Waals surface area contributed by atoms with Gasteiger partial charge in [0, 0.05) is 18.8 Å². The average molecular weight is 335 g/mol. The molecule has 1 aliphatic heterocycles. The van der Waals surface area contributed by atoms with E-state index in [0.717, 1.165) is 31.7 Å². The van der Waals surface area contributed by atoms with Crippen molar-refractivity contribution in [3.8, 4) is 0 Å². The average Bonchev–Trinajstić information content (AvgIpc) is 2.43. The first-order valence-electron chi connectivity index (χ1n) is 7.11. The molecule has 2 N–H and O–H groups in total. The Labute approximate surface area is 130 Å². The third-order valence-electron chi connectivity index (χ3n) is 3.91. The van der Waals surface area contributed by atoms with Crippen molar-refractivity contribution >= 4 is 27.3 Å². The van der Waals surface area contributed by atoms with Crippen molar-refractivity contribution in [1.82, 2.24) is 4.31 Å². The van der Waals surface area contributed by atoms with E-state index in [1.54, 1.807) is 0 Å². The molecule has 0 spiro atoms. The number of hydrogen-bond donors (Lipinski definition) is 1. The fraction of sp³-hybridized carbons (Fsp3) is 0.571. The van der Waals surface area contributed by atoms with E-state index in [1.165, 1.54) is 10.4 Å². The van der Waals surface area contributed by atoms with Gasteiger partial charge in [-0.15, -0.1) is 0 Å². The first kappa shape index (κ1) is 16.5. The Kier molecular flexibility index (Phi) is 5.11. The zero-order valence-corrected chi connectivity index (χ0v) is 13.6. The van der Waals surface area contributed by atoms with Crippen LogP contribution in [0.15, 0.2) is 17.0 Å². The van der Waals surface area contributed by atoms with Gasteiger partial charge in [-0.3, -0.25) is 0 Å². The molecule has 7 heteroatoms. The SMILES string of the molecule is CCCC1CCN(S(=O)(=O)c2cc(N)cc(Cl)c2F)CC1. The summed E-state index contributed by atoms with van der Waals surface area (Å²) < 4.78 is 40.5. The van der Waals surface area contributed by atoms with E-state index < -0.39 is 20.7 Å². The molecule has 1 aromatic rings. The molecular weight excluding hydrogens is 315 g/mol. The minimum absolute atomic E-state index is 0.140. The summed E-state index contributed by atoms with van der Waals surface area (Å²) >= 11 is 5.69. The topological polar surface area (TPSA) is 63.4 Å². The Hall–Kier alpha value is -0.850. The van der Waals surface area contributed by atoms with E-state index in [-0.39, 0.29) is 10.7 Å². The van der Waals surface area contributed by atoms with Crippen LogP contribution < -0.4 is 5.73 Å². The van der Waals surface area contributed by atoms with Crippen LogP contribution in [0, 0.1) is 11.7 Å². The Morgan fingerprint density at radius 3 is 2.57 bits per heavy atom. The normalized spacial score (nSPS) is 18.0. The summed E-state index contributed by atoms with van der Waals surface area (Å²) in [7, 11) is -3.88. The van der Waals surface area contributed by atoms with Crippen LogP contribution in [0.3, 0.4) is 0 Å². The van der Waals surface area contributed by atoms with E-state index in [0.29, 0.717) is 19.0 Å². The molecule has 0 aromatic heterocycles. The molecule has 21 heavy (non-hydrogen) atoms. The van der Waals surface area contributed by atoms with Crippen molar-refractivity contribution in [2.24, 2.45) is 5.92 Å². The van der Waals surface area contributed by atoms with Gasteiger partial charge in [0.2, 0.25) is 10.0 Å². The molecule has 0 atom stereocenters. The highest BCUT2D eigenvalue weighted by Crippen LogP contribution is 2.31. The Morgan fingerprint density at radius 2 is 2.00 bits per heavy atom. The van der Waals surface area contributed by atoms with Crippen molar-refractivity contribution in [2.75, 3.05) is 18.8 Å². The van der Waals surface area contributed by atoms with Crippen molar-refractivity contribution in [3.63, 3.8) is 0 Å². The molecule has 1 heterocycles. The maximum Gasteiger partial charge on any atom is 0.246 e. The van der Waals surface area contributed by atoms with Gasteiger partial charge in [0.1, 0.15) is 4.90 Å². The lowest BCUT2D eigenvalue weighted by Crippen LogP contribution is -2.38. The molecule has 1 saturated heterocycles. The number of halogens is 2. The summed E-state index contributed by atoms with van der Waals surface area (Å²) in [5.74, 6) is -0.378. The fourth-order valence-corrected chi connectivity index (χ4v) is 4.63. The summed E-state index contributed by atoms with van der Waals surface area (Å²) in [4.78, 5) is -0.429. The maximum atomic E-state index is 14.0. The lowest BCUT2D eigenvalue weighted by atomic mass is 9.94. The molecule has 0 bridgehead atoms. The first-order valence-corrected chi connectivity index (χ1v) is 8.92. The molecule has 0 amide bonds. The van der Waals surface area contributed by atoms with Gasteiger partial charge in [-0.1, -0.05) is 31.4 Å². The van der Waals surface area contributed by atoms with Crippen molar-refractivity contribution in [2.45, 2.75) is 37.5 Å². The third-order valence-corrected chi connectivity index (χ3v) is 6.08. The Bertz CT molecular complexity index is 614. The van der Waals surface area contributed by atoms with Gasteiger partial charge in [-0.05, 0) is 30.9 Å². The highest BCUT2D eigenvalue weighted by Gasteiger charge is 2.32. The minimum Gasteiger partial charge on any atom is -0.399 e. The van der Waals surface area contributed by atoms with Crippen LogP contribution in [0.1, 0.15) is 32.6 Å². The molecule has 0 saturated carbocycles. The second kappa shape index (κ2) is 6.50. The second-order valence-corrected chi connectivity index (χ2v) is 7.76. The number of piperidine rings is 1. The molecule has 4 nitrogen and oxygen atoms in total. The van der Waals surface area contributed by atoms with Gasteiger partial charge in [0.25, 0.3) is 0 Å². The van der Waals surface area contributed by atoms with Gasteiger partial charge in [-0.25, -0.2) is 12.8 Å². The van der Waals surface area contributed by atoms with E-state index in [9.17, 15) is 12.8 Å². The molecule has 1 aromatic carbocycles. The number of sulfonamides is 1. The fourth-order valence-electron chi connectivity index (χ4n) is 2.76. The summed E-state index contributed by atoms with van der Waals surface area (Å²) in [5.41, 5.74) is 5.72. The molecule has 0 unspecified atom stereocenters. The van der Waals surface area contributed by atoms with E-state index in [2.05, 4.69) is 6.92 Å². The molecule has 1 aliphatic rings. The summed E-state index contributed by atoms with van der Waals surface area (Å²) in [6.07, 6.45) is 3.82. The van der Waals surface area contributed by atoms with Gasteiger partial charge in [0.05, 0.1) is 5.02 Å². The third kappa shape index (κ3) is 3.49. The number of nitrogen functional groups attached to an aromatic ring is 1. The minimum atomic E-state index is -3.88. The van der Waals surface area contributed by atoms with Crippen molar-refractivity contribution < 1.29 is 12.8 Å². The zero-order valence-electron chi connectivity index (χ0n) is 12.0. The summed E-state index contributed by atoms with van der Waals surface area (Å²) in [5, 5.41) is -0.269. The summed E-state index contributed by atoms with van der Waals surface area (Å²) in [6.45, 7) is 2.95. The standard InChI is InChI=1S/C14H20ClFN2O2S/c1-2-3-10-4-6-18(7-5-10)21(19,20)13-9-11(17)8-12(15)14(13)16/h8-10H,2-7,17H2,1H3. The van der Waals surface area contributed by atoms with Gasteiger partial charge in [-0.2, -0.15) is 4.31 Å². The van der Waals surface area contributed by atoms with Crippen molar-refractivity contribution in [3.05, 3.63) is 23.0 Å². The Balaban J connectivity index is 2.24. The predicted octanol–water partition coefficient (Wildman–Crippen LogP) is 3.26. The lowest BCUT2D eigenvalue weighted by Gasteiger charge is -2.31. The van der Waals surface area contributed by atoms with Crippen LogP contribution >= 0.6 is 11.6 Å². The van der Waals surface area contributed by atoms with E-state index in [1.807, 2.05) is 0 Å². The number of nitrogens with two attached hydrogens (primary N) is 1. The Morgan fingerprint density at radius 1 is 1.38 bits per heavy atom. The van der Waals surface area contributed by atoms with Crippen LogP contribution in [0.2, 0.25) is 5.02 Å². The zero-order chi connectivity index (χ0) is 15.6. The second-order valence-electron chi connectivity index (χ2n) is 5.45. The van der Waals surface area contributed by atoms with E-state index >= 15 is 0 Å². The maximum absolute atomic E-state index is 14.0. The number of hydrogen-bond acceptors (Lipinski definition) is 3. The molecule has 0 radical (unpaired) electrons. The first-order chi connectivity index (χ1) is 9.86. The van der Waals surface area contributed by atoms with Crippen LogP contribution in [0.4, 0.5) is 10.1 Å². The van der Waals surface area contributed by atoms with Crippen LogP contribution in [-0.4, -0.2) is 25.8 Å². The van der Waals surface area contributed by atoms with E-state index in [4.69, 9.17) is 17.3 Å². The molecule has 0 aliphatic carbocycles. The molecular formula is C14H20ClFN2O2S. The smallest absolute Gasteiger partial charge is 0.246 e. The monoisotopic (exact) mass is 334 g/mol. The van der Waals surface area contributed by atoms with Gasteiger partial charge >= 0.3 is 0 Å². The van der Waals surface area contributed by atoms with Gasteiger partial charge < -0.3 is 5.73 Å².